The number of nitrogens with zero attached hydrogens (tertiary/aromatic N) is 4. The first-order valence-electron chi connectivity index (χ1n) is 9.96. The molecule has 1 N–H and O–H groups in total. The van der Waals surface area contributed by atoms with E-state index in [1.54, 1.807) is 6.33 Å². The number of carbonyl (C=O) groups is 1. The average molecular weight is 398 g/mol. The number of thioether (sulfide) groups is 1. The number of benzene rings is 1. The van der Waals surface area contributed by atoms with Crippen LogP contribution in [0.25, 0.3) is 0 Å². The Morgan fingerprint density at radius 1 is 1.00 bits per heavy atom. The zero-order valence-electron chi connectivity index (χ0n) is 16.3. The Hall–Kier alpha value is -2.28. The third-order valence-corrected chi connectivity index (χ3v) is 6.42. The molecule has 2 aromatic rings. The number of aromatic nitrogens is 2. The summed E-state index contributed by atoms with van der Waals surface area (Å²) in [6.45, 7) is 5.82. The van der Waals surface area contributed by atoms with E-state index in [4.69, 9.17) is 0 Å². The SMILES string of the molecule is Cc1ccc(NC(=O)C2CCN(c3cc(N4CCSCC4)ncn3)CC2)cc1. The van der Waals surface area contributed by atoms with Gasteiger partial charge < -0.3 is 15.1 Å². The number of hydrogen-bond donors (Lipinski definition) is 1. The first-order valence-corrected chi connectivity index (χ1v) is 11.1. The summed E-state index contributed by atoms with van der Waals surface area (Å²) in [5.41, 5.74) is 2.07. The van der Waals surface area contributed by atoms with E-state index < -0.39 is 0 Å². The minimum absolute atomic E-state index is 0.0537. The minimum Gasteiger partial charge on any atom is -0.356 e. The fourth-order valence-corrected chi connectivity index (χ4v) is 4.63. The van der Waals surface area contributed by atoms with Gasteiger partial charge in [0.25, 0.3) is 0 Å². The summed E-state index contributed by atoms with van der Waals surface area (Å²) in [5, 5.41) is 3.05. The molecule has 1 aromatic heterocycles. The molecular weight excluding hydrogens is 370 g/mol. The molecule has 1 aromatic carbocycles. The molecule has 0 atom stereocenters. The number of piperidine rings is 1. The van der Waals surface area contributed by atoms with Crippen molar-refractivity contribution in [2.24, 2.45) is 5.92 Å². The van der Waals surface area contributed by atoms with Gasteiger partial charge in [-0.25, -0.2) is 9.97 Å². The second-order valence-electron chi connectivity index (χ2n) is 7.45. The molecular formula is C21H27N5OS. The fraction of sp³-hybridized carbons (Fsp3) is 0.476. The van der Waals surface area contributed by atoms with E-state index >= 15 is 0 Å². The summed E-state index contributed by atoms with van der Waals surface area (Å²) in [7, 11) is 0. The lowest BCUT2D eigenvalue weighted by Gasteiger charge is -2.33. The van der Waals surface area contributed by atoms with Crippen LogP contribution in [-0.4, -0.2) is 53.6 Å². The van der Waals surface area contributed by atoms with E-state index in [1.807, 2.05) is 43.0 Å². The predicted octanol–water partition coefficient (Wildman–Crippen LogP) is 3.19. The van der Waals surface area contributed by atoms with Gasteiger partial charge in [-0.05, 0) is 31.9 Å². The molecule has 6 nitrogen and oxygen atoms in total. The van der Waals surface area contributed by atoms with Gasteiger partial charge in [0.15, 0.2) is 0 Å². The van der Waals surface area contributed by atoms with Crippen LogP contribution in [0, 0.1) is 12.8 Å². The van der Waals surface area contributed by atoms with Crippen LogP contribution in [0.4, 0.5) is 17.3 Å². The molecule has 0 aliphatic carbocycles. The number of anilines is 3. The Kier molecular flexibility index (Phi) is 6.00. The maximum atomic E-state index is 12.6. The summed E-state index contributed by atoms with van der Waals surface area (Å²) in [5.74, 6) is 4.47. The second-order valence-corrected chi connectivity index (χ2v) is 8.68. The maximum Gasteiger partial charge on any atom is 0.227 e. The van der Waals surface area contributed by atoms with E-state index in [0.29, 0.717) is 0 Å². The van der Waals surface area contributed by atoms with Gasteiger partial charge in [0.2, 0.25) is 5.91 Å². The molecule has 2 fully saturated rings. The van der Waals surface area contributed by atoms with Crippen LogP contribution in [0.15, 0.2) is 36.7 Å². The third kappa shape index (κ3) is 4.58. The zero-order chi connectivity index (χ0) is 19.3. The molecule has 7 heteroatoms. The highest BCUT2D eigenvalue weighted by atomic mass is 32.2. The molecule has 0 unspecified atom stereocenters. The highest BCUT2D eigenvalue weighted by molar-refractivity contribution is 7.99. The van der Waals surface area contributed by atoms with Gasteiger partial charge in [0.1, 0.15) is 18.0 Å². The lowest BCUT2D eigenvalue weighted by Crippen LogP contribution is -2.39. The van der Waals surface area contributed by atoms with Crippen molar-refractivity contribution in [2.45, 2.75) is 19.8 Å². The molecule has 4 rings (SSSR count). The fourth-order valence-electron chi connectivity index (χ4n) is 3.73. The Labute approximate surface area is 170 Å². The summed E-state index contributed by atoms with van der Waals surface area (Å²) in [6.07, 6.45) is 3.36. The van der Waals surface area contributed by atoms with Crippen molar-refractivity contribution < 1.29 is 4.79 Å². The Morgan fingerprint density at radius 3 is 2.25 bits per heavy atom. The summed E-state index contributed by atoms with van der Waals surface area (Å²) in [6, 6.07) is 10.1. The molecule has 2 aliphatic rings. The molecule has 2 saturated heterocycles. The van der Waals surface area contributed by atoms with Gasteiger partial charge in [-0.15, -0.1) is 0 Å². The van der Waals surface area contributed by atoms with Crippen LogP contribution in [0.5, 0.6) is 0 Å². The minimum atomic E-state index is 0.0537. The highest BCUT2D eigenvalue weighted by Gasteiger charge is 2.26. The Balaban J connectivity index is 1.33. The van der Waals surface area contributed by atoms with Crippen LogP contribution in [-0.2, 0) is 4.79 Å². The number of nitrogens with one attached hydrogen (secondary N) is 1. The number of amides is 1. The average Bonchev–Trinajstić information content (AvgIpc) is 2.76. The first kappa shape index (κ1) is 19.1. The molecule has 0 saturated carbocycles. The Bertz CT molecular complexity index is 799. The van der Waals surface area contributed by atoms with E-state index in [2.05, 4.69) is 31.2 Å². The first-order chi connectivity index (χ1) is 13.7. The molecule has 28 heavy (non-hydrogen) atoms. The molecule has 2 aliphatic heterocycles. The lowest BCUT2D eigenvalue weighted by molar-refractivity contribution is -0.120. The van der Waals surface area contributed by atoms with Crippen molar-refractivity contribution >= 4 is 35.0 Å². The van der Waals surface area contributed by atoms with Gasteiger partial charge in [0, 0.05) is 55.4 Å². The molecule has 148 valence electrons. The van der Waals surface area contributed by atoms with Crippen molar-refractivity contribution in [3.05, 3.63) is 42.2 Å². The number of carbonyl (C=O) groups excluding carboxylic acids is 1. The number of rotatable bonds is 4. The van der Waals surface area contributed by atoms with Gasteiger partial charge in [0.05, 0.1) is 0 Å². The number of hydrogen-bond acceptors (Lipinski definition) is 6. The van der Waals surface area contributed by atoms with Crippen LogP contribution in [0.3, 0.4) is 0 Å². The van der Waals surface area contributed by atoms with Crippen molar-refractivity contribution in [3.8, 4) is 0 Å². The second kappa shape index (κ2) is 8.82. The van der Waals surface area contributed by atoms with E-state index in [9.17, 15) is 4.79 Å². The van der Waals surface area contributed by atoms with Gasteiger partial charge in [-0.2, -0.15) is 11.8 Å². The zero-order valence-corrected chi connectivity index (χ0v) is 17.1. The lowest BCUT2D eigenvalue weighted by atomic mass is 9.95. The van der Waals surface area contributed by atoms with Crippen LogP contribution < -0.4 is 15.1 Å². The van der Waals surface area contributed by atoms with E-state index in [1.165, 1.54) is 5.56 Å². The van der Waals surface area contributed by atoms with Gasteiger partial charge in [-0.3, -0.25) is 4.79 Å². The van der Waals surface area contributed by atoms with Crippen LogP contribution in [0.1, 0.15) is 18.4 Å². The van der Waals surface area contributed by atoms with Crippen molar-refractivity contribution in [1.82, 2.24) is 9.97 Å². The van der Waals surface area contributed by atoms with E-state index in [-0.39, 0.29) is 11.8 Å². The molecule has 3 heterocycles. The molecule has 0 spiro atoms. The monoisotopic (exact) mass is 397 g/mol. The van der Waals surface area contributed by atoms with Gasteiger partial charge >= 0.3 is 0 Å². The van der Waals surface area contributed by atoms with Crippen LogP contribution >= 0.6 is 11.8 Å². The smallest absolute Gasteiger partial charge is 0.227 e. The standard InChI is InChI=1S/C21H27N5OS/c1-16-2-4-18(5-3-16)24-21(27)17-6-8-25(9-7-17)19-14-20(23-15-22-19)26-10-12-28-13-11-26/h2-5,14-15,17H,6-13H2,1H3,(H,24,27). The topological polar surface area (TPSA) is 61.4 Å². The molecule has 0 bridgehead atoms. The third-order valence-electron chi connectivity index (χ3n) is 5.48. The quantitative estimate of drug-likeness (QED) is 0.855. The highest BCUT2D eigenvalue weighted by Crippen LogP contribution is 2.26. The predicted molar refractivity (Wildman–Crippen MR) is 116 cm³/mol. The van der Waals surface area contributed by atoms with Crippen molar-refractivity contribution in [2.75, 3.05) is 52.8 Å². The summed E-state index contributed by atoms with van der Waals surface area (Å²) >= 11 is 2.00. The Morgan fingerprint density at radius 2 is 1.61 bits per heavy atom. The molecule has 0 radical (unpaired) electrons. The van der Waals surface area contributed by atoms with Gasteiger partial charge in [-0.1, -0.05) is 17.7 Å². The van der Waals surface area contributed by atoms with Crippen LogP contribution in [0.2, 0.25) is 0 Å². The summed E-state index contributed by atoms with van der Waals surface area (Å²) in [4.78, 5) is 26.2. The maximum absolute atomic E-state index is 12.6. The summed E-state index contributed by atoms with van der Waals surface area (Å²) < 4.78 is 0. The normalized spacial score (nSPS) is 18.2. The van der Waals surface area contributed by atoms with Crippen molar-refractivity contribution in [3.63, 3.8) is 0 Å². The largest absolute Gasteiger partial charge is 0.356 e. The van der Waals surface area contributed by atoms with Crippen molar-refractivity contribution in [1.29, 1.82) is 0 Å². The van der Waals surface area contributed by atoms with E-state index in [0.717, 1.165) is 67.8 Å². The molecule has 1 amide bonds. The number of aryl methyl sites for hydroxylation is 1.